The summed E-state index contributed by atoms with van der Waals surface area (Å²) in [5.74, 6) is 0.967. The summed E-state index contributed by atoms with van der Waals surface area (Å²) in [5, 5.41) is 0. The minimum absolute atomic E-state index is 0.0522. The average molecular weight is 299 g/mol. The van der Waals surface area contributed by atoms with Gasteiger partial charge < -0.3 is 20.0 Å². The molecular formula is C17H21N3O2. The molecular weight excluding hydrogens is 278 g/mol. The molecule has 0 aliphatic carbocycles. The molecule has 5 heteroatoms. The van der Waals surface area contributed by atoms with Crippen LogP contribution in [-0.4, -0.2) is 37.0 Å². The van der Waals surface area contributed by atoms with Gasteiger partial charge in [-0.25, -0.2) is 0 Å². The number of benzene rings is 1. The lowest BCUT2D eigenvalue weighted by Gasteiger charge is -2.35. The molecule has 1 amide bonds. The molecule has 1 aliphatic rings. The Kier molecular flexibility index (Phi) is 4.15. The quantitative estimate of drug-likeness (QED) is 0.941. The summed E-state index contributed by atoms with van der Waals surface area (Å²) >= 11 is 0. The van der Waals surface area contributed by atoms with Gasteiger partial charge in [0, 0.05) is 31.9 Å². The first-order valence-corrected chi connectivity index (χ1v) is 7.57. The molecule has 1 aromatic carbocycles. The van der Waals surface area contributed by atoms with Crippen molar-refractivity contribution in [3.8, 4) is 0 Å². The summed E-state index contributed by atoms with van der Waals surface area (Å²) in [6, 6.07) is 11.9. The second-order valence-electron chi connectivity index (χ2n) is 5.59. The Bertz CT molecular complexity index is 657. The van der Waals surface area contributed by atoms with Crippen molar-refractivity contribution >= 4 is 11.6 Å². The number of carbonyl (C=O) groups excluding carboxylic acids is 1. The van der Waals surface area contributed by atoms with E-state index in [-0.39, 0.29) is 5.91 Å². The number of carbonyl (C=O) groups is 1. The number of furan rings is 1. The highest BCUT2D eigenvalue weighted by Crippen LogP contribution is 2.19. The van der Waals surface area contributed by atoms with E-state index < -0.39 is 0 Å². The van der Waals surface area contributed by atoms with Crippen LogP contribution < -0.4 is 10.6 Å². The van der Waals surface area contributed by atoms with Gasteiger partial charge in [-0.1, -0.05) is 12.1 Å². The molecule has 0 atom stereocenters. The van der Waals surface area contributed by atoms with Crippen LogP contribution in [0.1, 0.15) is 21.9 Å². The normalized spacial score (nSPS) is 15.2. The van der Waals surface area contributed by atoms with Crippen molar-refractivity contribution in [2.24, 2.45) is 5.73 Å². The third-order valence-electron chi connectivity index (χ3n) is 4.01. The van der Waals surface area contributed by atoms with Crippen LogP contribution in [0.2, 0.25) is 0 Å². The number of hydrogen-bond donors (Lipinski definition) is 1. The number of nitrogens with two attached hydrogens (primary N) is 1. The SMILES string of the molecule is Cc1cccc(N2CCN(C(=O)c3ccc(CN)o3)CC2)c1. The molecule has 0 radical (unpaired) electrons. The standard InChI is InChI=1S/C17H21N3O2/c1-13-3-2-4-14(11-13)19-7-9-20(10-8-19)17(21)16-6-5-15(12-18)22-16/h2-6,11H,7-10,12,18H2,1H3. The fourth-order valence-electron chi connectivity index (χ4n) is 2.75. The van der Waals surface area contributed by atoms with E-state index in [1.807, 2.05) is 4.90 Å². The zero-order valence-corrected chi connectivity index (χ0v) is 12.8. The second kappa shape index (κ2) is 6.23. The van der Waals surface area contributed by atoms with Gasteiger partial charge in [0.05, 0.1) is 6.54 Å². The molecule has 0 saturated carbocycles. The molecule has 2 N–H and O–H groups in total. The van der Waals surface area contributed by atoms with E-state index in [0.29, 0.717) is 31.2 Å². The van der Waals surface area contributed by atoms with Crippen molar-refractivity contribution in [1.29, 1.82) is 0 Å². The molecule has 1 aliphatic heterocycles. The van der Waals surface area contributed by atoms with Crippen LogP contribution in [0.5, 0.6) is 0 Å². The summed E-state index contributed by atoms with van der Waals surface area (Å²) in [5.41, 5.74) is 7.98. The van der Waals surface area contributed by atoms with Crippen LogP contribution >= 0.6 is 0 Å². The Morgan fingerprint density at radius 2 is 1.95 bits per heavy atom. The van der Waals surface area contributed by atoms with Crippen molar-refractivity contribution in [2.45, 2.75) is 13.5 Å². The Hall–Kier alpha value is -2.27. The maximum Gasteiger partial charge on any atom is 0.289 e. The fourth-order valence-corrected chi connectivity index (χ4v) is 2.75. The third kappa shape index (κ3) is 2.99. The number of piperazine rings is 1. The van der Waals surface area contributed by atoms with E-state index in [1.165, 1.54) is 11.3 Å². The lowest BCUT2D eigenvalue weighted by Crippen LogP contribution is -2.48. The van der Waals surface area contributed by atoms with Crippen molar-refractivity contribution in [3.63, 3.8) is 0 Å². The van der Waals surface area contributed by atoms with E-state index in [4.69, 9.17) is 10.2 Å². The number of nitrogens with zero attached hydrogens (tertiary/aromatic N) is 2. The average Bonchev–Trinajstić information content (AvgIpc) is 3.03. The Labute approximate surface area is 130 Å². The van der Waals surface area contributed by atoms with Crippen molar-refractivity contribution in [3.05, 3.63) is 53.5 Å². The molecule has 0 spiro atoms. The minimum Gasteiger partial charge on any atom is -0.455 e. The van der Waals surface area contributed by atoms with Crippen LogP contribution in [-0.2, 0) is 6.54 Å². The summed E-state index contributed by atoms with van der Waals surface area (Å²) in [6.07, 6.45) is 0. The van der Waals surface area contributed by atoms with Gasteiger partial charge in [-0.2, -0.15) is 0 Å². The highest BCUT2D eigenvalue weighted by molar-refractivity contribution is 5.91. The van der Waals surface area contributed by atoms with Crippen molar-refractivity contribution in [1.82, 2.24) is 4.90 Å². The number of amides is 1. The summed E-state index contributed by atoms with van der Waals surface area (Å²) < 4.78 is 5.45. The van der Waals surface area contributed by atoms with Crippen LogP contribution in [0.3, 0.4) is 0 Å². The van der Waals surface area contributed by atoms with E-state index in [9.17, 15) is 4.79 Å². The Morgan fingerprint density at radius 1 is 1.18 bits per heavy atom. The Morgan fingerprint density at radius 3 is 2.59 bits per heavy atom. The molecule has 22 heavy (non-hydrogen) atoms. The zero-order chi connectivity index (χ0) is 15.5. The highest BCUT2D eigenvalue weighted by Gasteiger charge is 2.24. The van der Waals surface area contributed by atoms with Gasteiger partial charge in [0.25, 0.3) is 5.91 Å². The van der Waals surface area contributed by atoms with Gasteiger partial charge in [0.1, 0.15) is 5.76 Å². The molecule has 3 rings (SSSR count). The molecule has 2 aromatic rings. The lowest BCUT2D eigenvalue weighted by molar-refractivity contribution is 0.0713. The monoisotopic (exact) mass is 299 g/mol. The molecule has 116 valence electrons. The topological polar surface area (TPSA) is 62.7 Å². The largest absolute Gasteiger partial charge is 0.455 e. The van der Waals surface area contributed by atoms with Crippen LogP contribution in [0.4, 0.5) is 5.69 Å². The molecule has 0 bridgehead atoms. The Balaban J connectivity index is 1.62. The van der Waals surface area contributed by atoms with Gasteiger partial charge in [-0.05, 0) is 36.8 Å². The minimum atomic E-state index is -0.0522. The predicted octanol–water partition coefficient (Wildman–Crippen LogP) is 2.01. The molecule has 1 aromatic heterocycles. The van der Waals surface area contributed by atoms with Gasteiger partial charge in [-0.15, -0.1) is 0 Å². The maximum absolute atomic E-state index is 12.4. The number of rotatable bonds is 3. The van der Waals surface area contributed by atoms with Crippen molar-refractivity contribution < 1.29 is 9.21 Å². The molecule has 1 saturated heterocycles. The molecule has 2 heterocycles. The van der Waals surface area contributed by atoms with Gasteiger partial charge in [-0.3, -0.25) is 4.79 Å². The maximum atomic E-state index is 12.4. The third-order valence-corrected chi connectivity index (χ3v) is 4.01. The van der Waals surface area contributed by atoms with E-state index in [1.54, 1.807) is 12.1 Å². The van der Waals surface area contributed by atoms with E-state index in [2.05, 4.69) is 36.1 Å². The van der Waals surface area contributed by atoms with Crippen molar-refractivity contribution in [2.75, 3.05) is 31.1 Å². The zero-order valence-electron chi connectivity index (χ0n) is 12.8. The molecule has 0 unspecified atom stereocenters. The van der Waals surface area contributed by atoms with E-state index in [0.717, 1.165) is 13.1 Å². The summed E-state index contributed by atoms with van der Waals surface area (Å²) in [7, 11) is 0. The predicted molar refractivity (Wildman–Crippen MR) is 85.9 cm³/mol. The van der Waals surface area contributed by atoms with Crippen LogP contribution in [0.25, 0.3) is 0 Å². The first kappa shape index (κ1) is 14.7. The van der Waals surface area contributed by atoms with E-state index >= 15 is 0 Å². The number of hydrogen-bond acceptors (Lipinski definition) is 4. The van der Waals surface area contributed by atoms with Gasteiger partial charge in [0.15, 0.2) is 5.76 Å². The first-order chi connectivity index (χ1) is 10.7. The van der Waals surface area contributed by atoms with Gasteiger partial charge >= 0.3 is 0 Å². The molecule has 1 fully saturated rings. The second-order valence-corrected chi connectivity index (χ2v) is 5.59. The van der Waals surface area contributed by atoms with Crippen LogP contribution in [0.15, 0.2) is 40.8 Å². The first-order valence-electron chi connectivity index (χ1n) is 7.57. The van der Waals surface area contributed by atoms with Gasteiger partial charge in [0.2, 0.25) is 0 Å². The fraction of sp³-hybridized carbons (Fsp3) is 0.353. The summed E-state index contributed by atoms with van der Waals surface area (Å²) in [4.78, 5) is 16.5. The highest BCUT2D eigenvalue weighted by atomic mass is 16.4. The lowest BCUT2D eigenvalue weighted by atomic mass is 10.2. The number of anilines is 1. The smallest absolute Gasteiger partial charge is 0.289 e. The number of aryl methyl sites for hydroxylation is 1. The summed E-state index contributed by atoms with van der Waals surface area (Å²) in [6.45, 7) is 5.47. The van der Waals surface area contributed by atoms with Crippen LogP contribution in [0, 0.1) is 6.92 Å². The molecule has 5 nitrogen and oxygen atoms in total.